The molecule has 3 heterocycles. The summed E-state index contributed by atoms with van der Waals surface area (Å²) in [6.45, 7) is 1.27. The SMILES string of the molecule is NC(=O)C1CCCN(c2ccc(NC(=O)C(Cc3ccccc3)N3C(=O)c4ccccc4C3=O)cn2)C1. The number of hydrogen-bond acceptors (Lipinski definition) is 6. The molecule has 0 aliphatic carbocycles. The number of carbonyl (C=O) groups is 4. The molecule has 0 radical (unpaired) electrons. The average molecular weight is 498 g/mol. The summed E-state index contributed by atoms with van der Waals surface area (Å²) in [7, 11) is 0. The van der Waals surface area contributed by atoms with Crippen LogP contribution in [0.1, 0.15) is 39.1 Å². The van der Waals surface area contributed by atoms with Crippen LogP contribution >= 0.6 is 0 Å². The van der Waals surface area contributed by atoms with Gasteiger partial charge in [0, 0.05) is 19.5 Å². The zero-order valence-electron chi connectivity index (χ0n) is 20.2. The van der Waals surface area contributed by atoms with Crippen LogP contribution in [0.2, 0.25) is 0 Å². The largest absolute Gasteiger partial charge is 0.369 e. The molecule has 37 heavy (non-hydrogen) atoms. The summed E-state index contributed by atoms with van der Waals surface area (Å²) in [5.41, 5.74) is 7.33. The van der Waals surface area contributed by atoms with Gasteiger partial charge in [0.25, 0.3) is 11.8 Å². The van der Waals surface area contributed by atoms with Gasteiger partial charge in [0.05, 0.1) is 28.9 Å². The number of benzene rings is 2. The number of nitrogens with zero attached hydrogens (tertiary/aromatic N) is 3. The minimum atomic E-state index is -1.05. The molecule has 3 N–H and O–H groups in total. The third-order valence-corrected chi connectivity index (χ3v) is 6.87. The number of rotatable bonds is 7. The fourth-order valence-corrected chi connectivity index (χ4v) is 4.92. The lowest BCUT2D eigenvalue weighted by molar-refractivity contribution is -0.122. The minimum Gasteiger partial charge on any atom is -0.369 e. The van der Waals surface area contributed by atoms with E-state index in [4.69, 9.17) is 5.73 Å². The normalized spacial score (nSPS) is 17.9. The lowest BCUT2D eigenvalue weighted by Crippen LogP contribution is -2.48. The van der Waals surface area contributed by atoms with Crippen molar-refractivity contribution in [1.82, 2.24) is 9.88 Å². The third kappa shape index (κ3) is 4.93. The average Bonchev–Trinajstić information content (AvgIpc) is 3.18. The van der Waals surface area contributed by atoms with E-state index in [2.05, 4.69) is 10.3 Å². The van der Waals surface area contributed by atoms with Gasteiger partial charge in [0.2, 0.25) is 11.8 Å². The summed E-state index contributed by atoms with van der Waals surface area (Å²) in [5.74, 6) is -1.30. The van der Waals surface area contributed by atoms with Crippen molar-refractivity contribution in [3.05, 3.63) is 89.6 Å². The Labute approximate surface area is 214 Å². The maximum atomic E-state index is 13.5. The monoisotopic (exact) mass is 497 g/mol. The zero-order chi connectivity index (χ0) is 25.9. The Balaban J connectivity index is 1.36. The van der Waals surface area contributed by atoms with Gasteiger partial charge in [-0.25, -0.2) is 4.98 Å². The number of amides is 4. The van der Waals surface area contributed by atoms with Gasteiger partial charge in [-0.1, -0.05) is 42.5 Å². The van der Waals surface area contributed by atoms with Crippen molar-refractivity contribution in [2.45, 2.75) is 25.3 Å². The summed E-state index contributed by atoms with van der Waals surface area (Å²) < 4.78 is 0. The minimum absolute atomic E-state index is 0.173. The molecule has 2 aromatic carbocycles. The van der Waals surface area contributed by atoms with E-state index in [0.717, 1.165) is 29.8 Å². The van der Waals surface area contributed by atoms with Gasteiger partial charge in [-0.3, -0.25) is 24.1 Å². The molecule has 1 aromatic heterocycles. The van der Waals surface area contributed by atoms with E-state index >= 15 is 0 Å². The van der Waals surface area contributed by atoms with Gasteiger partial charge in [0.15, 0.2) is 0 Å². The second-order valence-electron chi connectivity index (χ2n) is 9.31. The van der Waals surface area contributed by atoms with E-state index < -0.39 is 23.8 Å². The van der Waals surface area contributed by atoms with Gasteiger partial charge in [0.1, 0.15) is 11.9 Å². The van der Waals surface area contributed by atoms with Crippen molar-refractivity contribution >= 4 is 35.1 Å². The van der Waals surface area contributed by atoms with Crippen LogP contribution in [0, 0.1) is 5.92 Å². The van der Waals surface area contributed by atoms with E-state index in [1.54, 1.807) is 36.4 Å². The summed E-state index contributed by atoms with van der Waals surface area (Å²) >= 11 is 0. The molecule has 188 valence electrons. The number of carbonyl (C=O) groups excluding carboxylic acids is 4. The molecule has 9 heteroatoms. The second kappa shape index (κ2) is 10.2. The van der Waals surface area contributed by atoms with Gasteiger partial charge >= 0.3 is 0 Å². The number of hydrogen-bond donors (Lipinski definition) is 2. The van der Waals surface area contributed by atoms with E-state index in [0.29, 0.717) is 29.2 Å². The molecule has 5 rings (SSSR count). The molecule has 3 aromatic rings. The smallest absolute Gasteiger partial charge is 0.262 e. The number of nitrogens with two attached hydrogens (primary N) is 1. The van der Waals surface area contributed by atoms with Crippen LogP contribution in [0.15, 0.2) is 72.9 Å². The molecule has 0 spiro atoms. The van der Waals surface area contributed by atoms with Crippen molar-refractivity contribution in [2.75, 3.05) is 23.3 Å². The Morgan fingerprint density at radius 1 is 0.973 bits per heavy atom. The van der Waals surface area contributed by atoms with Crippen molar-refractivity contribution in [1.29, 1.82) is 0 Å². The highest BCUT2D eigenvalue weighted by atomic mass is 16.2. The Kier molecular flexibility index (Phi) is 6.68. The van der Waals surface area contributed by atoms with E-state index in [1.807, 2.05) is 35.2 Å². The van der Waals surface area contributed by atoms with Crippen LogP contribution in [-0.2, 0) is 16.0 Å². The Morgan fingerprint density at radius 3 is 2.27 bits per heavy atom. The molecule has 0 bridgehead atoms. The third-order valence-electron chi connectivity index (χ3n) is 6.87. The number of pyridine rings is 1. The summed E-state index contributed by atoms with van der Waals surface area (Å²) in [5, 5.41) is 2.82. The lowest BCUT2D eigenvalue weighted by atomic mass is 9.97. The van der Waals surface area contributed by atoms with Crippen LogP contribution in [0.5, 0.6) is 0 Å². The predicted molar refractivity (Wildman–Crippen MR) is 138 cm³/mol. The molecule has 4 amide bonds. The molecule has 2 aliphatic heterocycles. The maximum Gasteiger partial charge on any atom is 0.262 e. The first kappa shape index (κ1) is 24.2. The molecule has 2 atom stereocenters. The standard InChI is InChI=1S/C28H27N5O4/c29-25(34)19-9-6-14-32(17-19)24-13-12-20(16-30-24)31-26(35)23(15-18-7-2-1-3-8-18)33-27(36)21-10-4-5-11-22(21)28(33)37/h1-5,7-8,10-13,16,19,23H,6,9,14-15,17H2,(H2,29,34)(H,31,35). The Morgan fingerprint density at radius 2 is 1.65 bits per heavy atom. The highest BCUT2D eigenvalue weighted by Crippen LogP contribution is 2.27. The van der Waals surface area contributed by atoms with Gasteiger partial charge in [-0.2, -0.15) is 0 Å². The molecule has 1 saturated heterocycles. The first-order chi connectivity index (χ1) is 17.9. The molecule has 9 nitrogen and oxygen atoms in total. The van der Waals surface area contributed by atoms with Crippen LogP contribution in [0.4, 0.5) is 11.5 Å². The molecule has 0 saturated carbocycles. The topological polar surface area (TPSA) is 126 Å². The molecular weight excluding hydrogens is 470 g/mol. The fourth-order valence-electron chi connectivity index (χ4n) is 4.92. The molecule has 1 fully saturated rings. The number of fused-ring (bicyclic) bond motifs is 1. The predicted octanol–water partition coefficient (Wildman–Crippen LogP) is 2.63. The number of aromatic nitrogens is 1. The van der Waals surface area contributed by atoms with E-state index in [9.17, 15) is 19.2 Å². The van der Waals surface area contributed by atoms with Crippen LogP contribution < -0.4 is 16.0 Å². The van der Waals surface area contributed by atoms with Crippen molar-refractivity contribution < 1.29 is 19.2 Å². The van der Waals surface area contributed by atoms with E-state index in [1.165, 1.54) is 6.20 Å². The van der Waals surface area contributed by atoms with Crippen molar-refractivity contribution in [3.63, 3.8) is 0 Å². The zero-order valence-corrected chi connectivity index (χ0v) is 20.2. The number of imide groups is 1. The number of piperidine rings is 1. The highest BCUT2D eigenvalue weighted by Gasteiger charge is 2.42. The quantitative estimate of drug-likeness (QED) is 0.484. The van der Waals surface area contributed by atoms with Crippen LogP contribution in [0.25, 0.3) is 0 Å². The summed E-state index contributed by atoms with van der Waals surface area (Å²) in [6.07, 6.45) is 3.31. The second-order valence-corrected chi connectivity index (χ2v) is 9.31. The maximum absolute atomic E-state index is 13.5. The fraction of sp³-hybridized carbons (Fsp3) is 0.250. The first-order valence-electron chi connectivity index (χ1n) is 12.2. The molecule has 2 aliphatic rings. The van der Waals surface area contributed by atoms with Gasteiger partial charge < -0.3 is 16.0 Å². The molecular formula is C28H27N5O4. The summed E-state index contributed by atoms with van der Waals surface area (Å²) in [4.78, 5) is 59.0. The van der Waals surface area contributed by atoms with E-state index in [-0.39, 0.29) is 18.2 Å². The molecule has 2 unspecified atom stereocenters. The highest BCUT2D eigenvalue weighted by molar-refractivity contribution is 6.23. The van der Waals surface area contributed by atoms with Crippen molar-refractivity contribution in [3.8, 4) is 0 Å². The number of anilines is 2. The van der Waals surface area contributed by atoms with Crippen LogP contribution in [-0.4, -0.2) is 52.6 Å². The Bertz CT molecular complexity index is 1310. The number of nitrogens with one attached hydrogen (secondary N) is 1. The van der Waals surface area contributed by atoms with Crippen LogP contribution in [0.3, 0.4) is 0 Å². The first-order valence-corrected chi connectivity index (χ1v) is 12.2. The number of primary amides is 1. The van der Waals surface area contributed by atoms with Crippen molar-refractivity contribution in [2.24, 2.45) is 11.7 Å². The Hall–Kier alpha value is -4.53. The van der Waals surface area contributed by atoms with Gasteiger partial charge in [-0.15, -0.1) is 0 Å². The summed E-state index contributed by atoms with van der Waals surface area (Å²) in [6, 6.07) is 18.3. The lowest BCUT2D eigenvalue weighted by Gasteiger charge is -2.32. The van der Waals surface area contributed by atoms with Gasteiger partial charge in [-0.05, 0) is 42.7 Å².